The lowest BCUT2D eigenvalue weighted by molar-refractivity contribution is -0.136. The molecule has 2 saturated heterocycles. The number of hydrogen-bond acceptors (Lipinski definition) is 6. The van der Waals surface area contributed by atoms with Crippen LogP contribution in [0.15, 0.2) is 65.4 Å². The summed E-state index contributed by atoms with van der Waals surface area (Å²) in [6.07, 6.45) is 5.21. The Hall–Kier alpha value is -3.72. The highest BCUT2D eigenvalue weighted by Crippen LogP contribution is 2.39. The molecule has 222 valence electrons. The second kappa shape index (κ2) is 12.3. The van der Waals surface area contributed by atoms with Gasteiger partial charge in [0.1, 0.15) is 23.2 Å². The molecule has 0 saturated carbocycles. The summed E-state index contributed by atoms with van der Waals surface area (Å²) in [6, 6.07) is 12.4. The molecule has 2 aromatic rings. The van der Waals surface area contributed by atoms with Crippen molar-refractivity contribution in [3.05, 3.63) is 76.8 Å². The van der Waals surface area contributed by atoms with Crippen molar-refractivity contribution < 1.29 is 23.5 Å². The fourth-order valence-corrected chi connectivity index (χ4v) is 6.35. The van der Waals surface area contributed by atoms with Crippen LogP contribution in [-0.4, -0.2) is 78.0 Å². The summed E-state index contributed by atoms with van der Waals surface area (Å²) in [4.78, 5) is 48.8. The lowest BCUT2D eigenvalue weighted by Crippen LogP contribution is -2.50. The van der Waals surface area contributed by atoms with Crippen LogP contribution >= 0.6 is 11.6 Å². The normalized spacial score (nSPS) is 24.4. The minimum atomic E-state index is -0.581. The second-order valence-corrected chi connectivity index (χ2v) is 12.1. The van der Waals surface area contributed by atoms with E-state index >= 15 is 0 Å². The number of carbonyl (C=O) groups excluding carboxylic acids is 3. The number of amides is 2. The molecule has 0 aromatic heterocycles. The number of Topliss-reactive ketones (excluding diaryl/α,β-unsaturated/α-hetero) is 1. The van der Waals surface area contributed by atoms with E-state index in [1.54, 1.807) is 20.2 Å². The first-order valence-electron chi connectivity index (χ1n) is 14.3. The Labute approximate surface area is 250 Å². The minimum absolute atomic E-state index is 0.0791. The maximum absolute atomic E-state index is 13.9. The lowest BCUT2D eigenvalue weighted by Gasteiger charge is -2.36. The summed E-state index contributed by atoms with van der Waals surface area (Å²) in [5, 5.41) is 0.606. The summed E-state index contributed by atoms with van der Waals surface area (Å²) in [5.74, 6) is 0.599. The van der Waals surface area contributed by atoms with E-state index in [1.807, 2.05) is 35.2 Å². The van der Waals surface area contributed by atoms with Gasteiger partial charge in [-0.3, -0.25) is 9.59 Å². The zero-order chi connectivity index (χ0) is 30.0. The highest BCUT2D eigenvalue weighted by Gasteiger charge is 2.50. The number of carbonyl (C=O) groups is 3. The van der Waals surface area contributed by atoms with Crippen LogP contribution in [0.25, 0.3) is 0 Å². The molecule has 3 aliphatic rings. The average molecular weight is 595 g/mol. The summed E-state index contributed by atoms with van der Waals surface area (Å²) < 4.78 is 18.9. The van der Waals surface area contributed by atoms with E-state index in [0.717, 1.165) is 11.4 Å². The zero-order valence-corrected chi connectivity index (χ0v) is 24.9. The van der Waals surface area contributed by atoms with Gasteiger partial charge in [0.05, 0.1) is 12.0 Å². The Kier molecular flexibility index (Phi) is 8.68. The molecule has 0 bridgehead atoms. The van der Waals surface area contributed by atoms with Gasteiger partial charge in [0.2, 0.25) is 5.91 Å². The van der Waals surface area contributed by atoms with Crippen molar-refractivity contribution in [2.75, 3.05) is 33.2 Å². The summed E-state index contributed by atoms with van der Waals surface area (Å²) in [5.41, 5.74) is 0.390. The molecule has 2 fully saturated rings. The van der Waals surface area contributed by atoms with Crippen LogP contribution in [0, 0.1) is 17.7 Å². The van der Waals surface area contributed by atoms with Gasteiger partial charge in [-0.15, -0.1) is 0 Å². The van der Waals surface area contributed by atoms with E-state index in [1.165, 1.54) is 29.2 Å². The van der Waals surface area contributed by atoms with Gasteiger partial charge in [0.25, 0.3) is 0 Å². The Morgan fingerprint density at radius 3 is 2.33 bits per heavy atom. The van der Waals surface area contributed by atoms with Gasteiger partial charge in [0.15, 0.2) is 0 Å². The number of benzene rings is 2. The number of halogens is 2. The fraction of sp³-hybridized carbons (Fsp3) is 0.438. The molecule has 0 N–H and O–H groups in total. The first kappa shape index (κ1) is 29.8. The number of aliphatic imine (C=N–C) groups is 1. The van der Waals surface area contributed by atoms with Crippen LogP contribution in [0.2, 0.25) is 5.02 Å². The van der Waals surface area contributed by atoms with E-state index < -0.39 is 17.3 Å². The molecular formula is C32H36ClFN4O4. The van der Waals surface area contributed by atoms with Crippen molar-refractivity contribution in [1.29, 1.82) is 0 Å². The zero-order valence-electron chi connectivity index (χ0n) is 24.1. The van der Waals surface area contributed by atoms with Crippen molar-refractivity contribution >= 4 is 35.6 Å². The first-order valence-corrected chi connectivity index (χ1v) is 14.7. The Morgan fingerprint density at radius 1 is 1.07 bits per heavy atom. The standard InChI is InChI=1S/C32H36ClFN4O4/c1-21(39)23-4-13-29(35-18-23)37-16-14-22(15-17-37)30(40)38-19-28(32(2,20-38)24-5-7-25(33)8-6-24)36(3)31(41)42-27-11-9-26(34)10-12-27/h5-13,18,22-23,28H,4,14-17,19-20H2,1-3H3/t23?,28-,32+/m1/s1. The number of likely N-dealkylation sites (N-methyl/N-ethyl adjacent to an activating group) is 1. The van der Waals surface area contributed by atoms with Crippen LogP contribution in [-0.2, 0) is 15.0 Å². The van der Waals surface area contributed by atoms with E-state index in [-0.39, 0.29) is 35.3 Å². The molecule has 42 heavy (non-hydrogen) atoms. The van der Waals surface area contributed by atoms with Gasteiger partial charge in [-0.25, -0.2) is 14.2 Å². The predicted molar refractivity (Wildman–Crippen MR) is 159 cm³/mol. The van der Waals surface area contributed by atoms with Gasteiger partial charge < -0.3 is 19.4 Å². The Balaban J connectivity index is 1.28. The number of ketones is 1. The highest BCUT2D eigenvalue weighted by molar-refractivity contribution is 6.30. The molecule has 2 amide bonds. The number of ether oxygens (including phenoxy) is 1. The molecular weight excluding hydrogens is 559 g/mol. The van der Waals surface area contributed by atoms with Gasteiger partial charge in [-0.2, -0.15) is 0 Å². The van der Waals surface area contributed by atoms with Gasteiger partial charge in [-0.1, -0.05) is 30.7 Å². The number of nitrogens with zero attached hydrogens (tertiary/aromatic N) is 4. The molecule has 0 spiro atoms. The van der Waals surface area contributed by atoms with Gasteiger partial charge in [0, 0.05) is 55.8 Å². The second-order valence-electron chi connectivity index (χ2n) is 11.6. The van der Waals surface area contributed by atoms with E-state index in [2.05, 4.69) is 16.8 Å². The smallest absolute Gasteiger partial charge is 0.410 e. The third kappa shape index (κ3) is 6.21. The highest BCUT2D eigenvalue weighted by atomic mass is 35.5. The molecule has 1 unspecified atom stereocenters. The number of allylic oxidation sites excluding steroid dienone is 1. The minimum Gasteiger partial charge on any atom is -0.410 e. The maximum atomic E-state index is 13.9. The molecule has 5 rings (SSSR count). The van der Waals surface area contributed by atoms with Crippen LogP contribution in [0.1, 0.15) is 38.7 Å². The number of rotatable bonds is 6. The average Bonchev–Trinajstić information content (AvgIpc) is 3.36. The van der Waals surface area contributed by atoms with Crippen LogP contribution in [0.5, 0.6) is 5.75 Å². The summed E-state index contributed by atoms with van der Waals surface area (Å²) in [7, 11) is 1.67. The molecule has 2 aromatic carbocycles. The van der Waals surface area contributed by atoms with Gasteiger partial charge >= 0.3 is 6.09 Å². The molecule has 0 aliphatic carbocycles. The van der Waals surface area contributed by atoms with Crippen molar-refractivity contribution in [3.63, 3.8) is 0 Å². The van der Waals surface area contributed by atoms with Crippen molar-refractivity contribution in [1.82, 2.24) is 14.7 Å². The third-order valence-electron chi connectivity index (χ3n) is 8.87. The number of piperidine rings is 1. The fourth-order valence-electron chi connectivity index (χ4n) is 6.22. The molecule has 0 radical (unpaired) electrons. The van der Waals surface area contributed by atoms with Crippen molar-refractivity contribution in [2.24, 2.45) is 16.8 Å². The van der Waals surface area contributed by atoms with Crippen LogP contribution < -0.4 is 4.74 Å². The first-order chi connectivity index (χ1) is 20.0. The van der Waals surface area contributed by atoms with Gasteiger partial charge in [-0.05, 0) is 74.2 Å². The van der Waals surface area contributed by atoms with E-state index in [0.29, 0.717) is 50.5 Å². The topological polar surface area (TPSA) is 82.5 Å². The largest absolute Gasteiger partial charge is 0.415 e. The van der Waals surface area contributed by atoms with Crippen molar-refractivity contribution in [2.45, 2.75) is 44.6 Å². The lowest BCUT2D eigenvalue weighted by atomic mass is 9.77. The molecule has 3 aliphatic heterocycles. The molecule has 8 nitrogen and oxygen atoms in total. The Morgan fingerprint density at radius 2 is 1.74 bits per heavy atom. The quantitative estimate of drug-likeness (QED) is 0.453. The molecule has 10 heteroatoms. The predicted octanol–water partition coefficient (Wildman–Crippen LogP) is 5.31. The SMILES string of the molecule is CC(=O)C1C=NC(N2CCC(C(=O)N3C[C@@H](N(C)C(=O)Oc4ccc(F)cc4)[C@](C)(c4ccc(Cl)cc4)C3)CC2)=CC1. The maximum Gasteiger partial charge on any atom is 0.415 e. The van der Waals surface area contributed by atoms with Crippen LogP contribution in [0.4, 0.5) is 9.18 Å². The van der Waals surface area contributed by atoms with E-state index in [4.69, 9.17) is 16.3 Å². The third-order valence-corrected chi connectivity index (χ3v) is 9.12. The summed E-state index contributed by atoms with van der Waals surface area (Å²) in [6.45, 7) is 5.85. The number of likely N-dealkylation sites (tertiary alicyclic amines) is 2. The Bertz CT molecular complexity index is 1390. The number of hydrogen-bond donors (Lipinski definition) is 0. The summed E-state index contributed by atoms with van der Waals surface area (Å²) >= 11 is 6.18. The van der Waals surface area contributed by atoms with Crippen molar-refractivity contribution in [3.8, 4) is 5.75 Å². The molecule has 3 atom stereocenters. The van der Waals surface area contributed by atoms with E-state index in [9.17, 15) is 18.8 Å². The monoisotopic (exact) mass is 594 g/mol. The molecule has 3 heterocycles. The van der Waals surface area contributed by atoms with Crippen LogP contribution in [0.3, 0.4) is 0 Å².